The van der Waals surface area contributed by atoms with Crippen LogP contribution in [0.5, 0.6) is 0 Å². The molecule has 2 N–H and O–H groups in total. The van der Waals surface area contributed by atoms with Gasteiger partial charge in [-0.3, -0.25) is 4.98 Å². The molecule has 0 amide bonds. The van der Waals surface area contributed by atoms with E-state index in [9.17, 15) is 4.39 Å². The second kappa shape index (κ2) is 3.77. The highest BCUT2D eigenvalue weighted by molar-refractivity contribution is 6.99. The van der Waals surface area contributed by atoms with E-state index in [1.165, 1.54) is 12.3 Å². The van der Waals surface area contributed by atoms with Crippen LogP contribution in [0.4, 0.5) is 4.39 Å². The Morgan fingerprint density at radius 2 is 2.21 bits per heavy atom. The summed E-state index contributed by atoms with van der Waals surface area (Å²) in [7, 11) is 0. The fourth-order valence-corrected chi connectivity index (χ4v) is 1.54. The van der Waals surface area contributed by atoms with Gasteiger partial charge in [0.15, 0.2) is 0 Å². The molecule has 0 saturated carbocycles. The quantitative estimate of drug-likeness (QED) is 0.806. The van der Waals surface area contributed by atoms with Crippen LogP contribution in [0, 0.1) is 5.82 Å². The van der Waals surface area contributed by atoms with Crippen molar-refractivity contribution >= 4 is 11.7 Å². The molecule has 4 nitrogen and oxygen atoms in total. The molecule has 0 saturated heterocycles. The van der Waals surface area contributed by atoms with Crippen LogP contribution in [0.3, 0.4) is 0 Å². The molecule has 14 heavy (non-hydrogen) atoms. The van der Waals surface area contributed by atoms with E-state index < -0.39 is 11.9 Å². The lowest BCUT2D eigenvalue weighted by Gasteiger charge is -2.07. The number of hydrogen-bond acceptors (Lipinski definition) is 5. The first-order chi connectivity index (χ1) is 6.77. The Morgan fingerprint density at radius 3 is 2.86 bits per heavy atom. The zero-order valence-electron chi connectivity index (χ0n) is 7.09. The third kappa shape index (κ3) is 1.75. The summed E-state index contributed by atoms with van der Waals surface area (Å²) >= 11 is 1.07. The van der Waals surface area contributed by atoms with Crippen LogP contribution in [0.25, 0.3) is 0 Å². The van der Waals surface area contributed by atoms with Gasteiger partial charge in [-0.25, -0.2) is 4.39 Å². The van der Waals surface area contributed by atoms with Crippen LogP contribution in [0.2, 0.25) is 0 Å². The lowest BCUT2D eigenvalue weighted by Crippen LogP contribution is -2.12. The summed E-state index contributed by atoms with van der Waals surface area (Å²) < 4.78 is 20.6. The molecule has 0 bridgehead atoms. The lowest BCUT2D eigenvalue weighted by molar-refractivity contribution is 0.616. The predicted octanol–water partition coefficient (Wildman–Crippen LogP) is 1.12. The van der Waals surface area contributed by atoms with Crippen molar-refractivity contribution in [3.05, 3.63) is 41.7 Å². The van der Waals surface area contributed by atoms with Crippen molar-refractivity contribution in [3.63, 3.8) is 0 Å². The van der Waals surface area contributed by atoms with Gasteiger partial charge in [-0.15, -0.1) is 0 Å². The zero-order chi connectivity index (χ0) is 9.97. The highest BCUT2D eigenvalue weighted by Crippen LogP contribution is 2.17. The maximum absolute atomic E-state index is 12.8. The minimum atomic E-state index is -0.461. The summed E-state index contributed by atoms with van der Waals surface area (Å²) in [4.78, 5) is 3.72. The van der Waals surface area contributed by atoms with Crippen LogP contribution in [0.1, 0.15) is 17.3 Å². The molecule has 0 aromatic carbocycles. The molecule has 6 heteroatoms. The third-order valence-corrected chi connectivity index (χ3v) is 2.27. The summed E-state index contributed by atoms with van der Waals surface area (Å²) in [6, 6.07) is 0.883. The van der Waals surface area contributed by atoms with Gasteiger partial charge in [-0.2, -0.15) is 8.75 Å². The average molecular weight is 210 g/mol. The van der Waals surface area contributed by atoms with Crippen molar-refractivity contribution in [2.75, 3.05) is 0 Å². The normalized spacial score (nSPS) is 12.7. The monoisotopic (exact) mass is 210 g/mol. The van der Waals surface area contributed by atoms with Crippen molar-refractivity contribution in [1.82, 2.24) is 13.7 Å². The first-order valence-electron chi connectivity index (χ1n) is 3.91. The Morgan fingerprint density at radius 1 is 1.36 bits per heavy atom. The number of hydrogen-bond donors (Lipinski definition) is 1. The molecular formula is C8H7FN4S. The minimum absolute atomic E-state index is 0.402. The second-order valence-electron chi connectivity index (χ2n) is 2.75. The van der Waals surface area contributed by atoms with Gasteiger partial charge in [0.1, 0.15) is 5.82 Å². The molecule has 1 unspecified atom stereocenters. The summed E-state index contributed by atoms with van der Waals surface area (Å²) in [6.45, 7) is 0. The molecule has 2 rings (SSSR count). The molecule has 0 aliphatic heterocycles. The topological polar surface area (TPSA) is 64.7 Å². The fraction of sp³-hybridized carbons (Fsp3) is 0.125. The standard InChI is InChI=1S/C8H7FN4S/c9-6-1-5(2-11-3-6)8(10)7-4-12-14-13-7/h1-4,8H,10H2. The first kappa shape index (κ1) is 9.17. The number of rotatable bonds is 2. The van der Waals surface area contributed by atoms with Crippen LogP contribution >= 0.6 is 11.7 Å². The Bertz CT molecular complexity index is 417. The van der Waals surface area contributed by atoms with E-state index in [2.05, 4.69) is 13.7 Å². The molecule has 2 heterocycles. The van der Waals surface area contributed by atoms with Gasteiger partial charge in [-0.1, -0.05) is 0 Å². The molecule has 2 aromatic rings. The van der Waals surface area contributed by atoms with Crippen molar-refractivity contribution in [1.29, 1.82) is 0 Å². The largest absolute Gasteiger partial charge is 0.319 e. The van der Waals surface area contributed by atoms with Crippen LogP contribution in [-0.4, -0.2) is 13.7 Å². The SMILES string of the molecule is NC(c1cncc(F)c1)c1cnsn1. The molecule has 1 atom stereocenters. The minimum Gasteiger partial charge on any atom is -0.319 e. The van der Waals surface area contributed by atoms with E-state index >= 15 is 0 Å². The van der Waals surface area contributed by atoms with Gasteiger partial charge in [0, 0.05) is 6.20 Å². The van der Waals surface area contributed by atoms with Gasteiger partial charge >= 0.3 is 0 Å². The average Bonchev–Trinajstić information content (AvgIpc) is 2.69. The van der Waals surface area contributed by atoms with Crippen molar-refractivity contribution in [2.45, 2.75) is 6.04 Å². The number of nitrogens with two attached hydrogens (primary N) is 1. The number of aromatic nitrogens is 3. The van der Waals surface area contributed by atoms with Gasteiger partial charge in [-0.05, 0) is 11.6 Å². The van der Waals surface area contributed by atoms with Crippen molar-refractivity contribution < 1.29 is 4.39 Å². The highest BCUT2D eigenvalue weighted by atomic mass is 32.1. The second-order valence-corrected chi connectivity index (χ2v) is 3.30. The zero-order valence-corrected chi connectivity index (χ0v) is 7.91. The van der Waals surface area contributed by atoms with E-state index in [1.807, 2.05) is 0 Å². The number of halogens is 1. The summed E-state index contributed by atoms with van der Waals surface area (Å²) in [6.07, 6.45) is 4.23. The molecule has 0 radical (unpaired) electrons. The lowest BCUT2D eigenvalue weighted by atomic mass is 10.1. The van der Waals surface area contributed by atoms with Gasteiger partial charge in [0.2, 0.25) is 0 Å². The van der Waals surface area contributed by atoms with Crippen LogP contribution in [0.15, 0.2) is 24.7 Å². The highest BCUT2D eigenvalue weighted by Gasteiger charge is 2.12. The maximum atomic E-state index is 12.8. The molecule has 2 aromatic heterocycles. The van der Waals surface area contributed by atoms with Crippen LogP contribution < -0.4 is 5.73 Å². The van der Waals surface area contributed by atoms with E-state index in [1.54, 1.807) is 6.20 Å². The van der Waals surface area contributed by atoms with E-state index in [0.29, 0.717) is 11.3 Å². The van der Waals surface area contributed by atoms with Crippen LogP contribution in [-0.2, 0) is 0 Å². The summed E-state index contributed by atoms with van der Waals surface area (Å²) in [5.41, 5.74) is 7.05. The Balaban J connectivity index is 2.32. The Labute approximate surface area is 83.9 Å². The number of nitrogens with zero attached hydrogens (tertiary/aromatic N) is 3. The van der Waals surface area contributed by atoms with Crippen molar-refractivity contribution in [2.24, 2.45) is 5.73 Å². The molecular weight excluding hydrogens is 203 g/mol. The molecule has 0 spiro atoms. The Kier molecular flexibility index (Phi) is 2.47. The maximum Gasteiger partial charge on any atom is 0.141 e. The molecule has 0 aliphatic rings. The van der Waals surface area contributed by atoms with E-state index in [0.717, 1.165) is 17.9 Å². The molecule has 0 fully saturated rings. The number of pyridine rings is 1. The molecule has 0 aliphatic carbocycles. The summed E-state index contributed by atoms with van der Waals surface area (Å²) in [5.74, 6) is -0.402. The molecule has 72 valence electrons. The first-order valence-corrected chi connectivity index (χ1v) is 4.64. The third-order valence-electron chi connectivity index (χ3n) is 1.78. The fourth-order valence-electron chi connectivity index (χ4n) is 1.08. The van der Waals surface area contributed by atoms with E-state index in [4.69, 9.17) is 5.73 Å². The van der Waals surface area contributed by atoms with Crippen molar-refractivity contribution in [3.8, 4) is 0 Å². The smallest absolute Gasteiger partial charge is 0.141 e. The van der Waals surface area contributed by atoms with E-state index in [-0.39, 0.29) is 0 Å². The van der Waals surface area contributed by atoms with Gasteiger partial charge < -0.3 is 5.73 Å². The summed E-state index contributed by atoms with van der Waals surface area (Å²) in [5, 5.41) is 0. The Hall–Kier alpha value is -1.40. The predicted molar refractivity (Wildman–Crippen MR) is 50.1 cm³/mol. The van der Waals surface area contributed by atoms with Gasteiger partial charge in [0.05, 0.1) is 35.9 Å². The van der Waals surface area contributed by atoms with Gasteiger partial charge in [0.25, 0.3) is 0 Å².